The molecule has 24 heavy (non-hydrogen) atoms. The van der Waals surface area contributed by atoms with E-state index in [9.17, 15) is 0 Å². The van der Waals surface area contributed by atoms with Gasteiger partial charge < -0.3 is 4.98 Å². The van der Waals surface area contributed by atoms with E-state index in [0.717, 1.165) is 36.5 Å². The Morgan fingerprint density at radius 3 is 1.96 bits per heavy atom. The van der Waals surface area contributed by atoms with E-state index in [0.29, 0.717) is 0 Å². The molecule has 0 aliphatic rings. The van der Waals surface area contributed by atoms with Gasteiger partial charge in [0.25, 0.3) is 0 Å². The van der Waals surface area contributed by atoms with Crippen molar-refractivity contribution < 1.29 is 0 Å². The lowest BCUT2D eigenvalue weighted by Gasteiger charge is -2.29. The molecule has 0 aromatic carbocycles. The van der Waals surface area contributed by atoms with Crippen LogP contribution in [0.25, 0.3) is 0 Å². The number of aromatic nitrogens is 4. The summed E-state index contributed by atoms with van der Waals surface area (Å²) in [5.74, 6) is 1.06. The summed E-state index contributed by atoms with van der Waals surface area (Å²) < 4.78 is 0. The van der Waals surface area contributed by atoms with Crippen molar-refractivity contribution in [2.45, 2.75) is 90.9 Å². The van der Waals surface area contributed by atoms with Crippen LogP contribution in [0.3, 0.4) is 0 Å². The van der Waals surface area contributed by atoms with Crippen molar-refractivity contribution in [3.05, 3.63) is 35.2 Å². The summed E-state index contributed by atoms with van der Waals surface area (Å²) in [6.07, 6.45) is 5.23. The molecule has 0 saturated heterocycles. The number of rotatable bonds is 6. The number of H-pyrrole nitrogens is 2. The Bertz CT molecular complexity index is 668. The molecule has 0 unspecified atom stereocenters. The van der Waals surface area contributed by atoms with E-state index < -0.39 is 0 Å². The maximum atomic E-state index is 4.87. The highest BCUT2D eigenvalue weighted by Gasteiger charge is 2.31. The average Bonchev–Trinajstić information content (AvgIpc) is 3.14. The van der Waals surface area contributed by atoms with Crippen molar-refractivity contribution in [1.82, 2.24) is 20.2 Å². The third-order valence-corrected chi connectivity index (χ3v) is 5.06. The third-order valence-electron chi connectivity index (χ3n) is 5.06. The van der Waals surface area contributed by atoms with Gasteiger partial charge in [-0.15, -0.1) is 0 Å². The fraction of sp³-hybridized carbons (Fsp3) is 0.700. The Balaban J connectivity index is 2.10. The maximum Gasteiger partial charge on any atom is 0.111 e. The summed E-state index contributed by atoms with van der Waals surface area (Å²) in [5.41, 5.74) is 3.68. The second kappa shape index (κ2) is 6.38. The normalized spacial score (nSPS) is 13.5. The molecule has 4 nitrogen and oxygen atoms in total. The van der Waals surface area contributed by atoms with E-state index in [1.807, 2.05) is 0 Å². The Morgan fingerprint density at radius 2 is 1.50 bits per heavy atom. The molecule has 0 fully saturated rings. The van der Waals surface area contributed by atoms with E-state index in [1.165, 1.54) is 5.69 Å². The first kappa shape index (κ1) is 18.8. The van der Waals surface area contributed by atoms with E-state index in [-0.39, 0.29) is 16.2 Å². The Hall–Kier alpha value is -1.58. The Labute approximate surface area is 146 Å². The monoisotopic (exact) mass is 330 g/mol. The SMILES string of the molecule is CCc1cc(C(C)(C)CCC(C)(C)c2c[nH]c(C(C)(C)C)n2)n[nH]1. The third kappa shape index (κ3) is 4.08. The number of nitrogens with zero attached hydrogens (tertiary/aromatic N) is 2. The molecule has 2 rings (SSSR count). The first-order valence-electron chi connectivity index (χ1n) is 9.07. The smallest absolute Gasteiger partial charge is 0.111 e. The molecule has 2 aromatic heterocycles. The minimum absolute atomic E-state index is 0.0428. The zero-order chi connectivity index (χ0) is 18.2. The van der Waals surface area contributed by atoms with Gasteiger partial charge in [0.2, 0.25) is 0 Å². The van der Waals surface area contributed by atoms with Crippen LogP contribution in [0.1, 0.15) is 91.1 Å². The van der Waals surface area contributed by atoms with Crippen LogP contribution in [0.4, 0.5) is 0 Å². The van der Waals surface area contributed by atoms with Crippen LogP contribution in [0.2, 0.25) is 0 Å². The molecule has 0 atom stereocenters. The van der Waals surface area contributed by atoms with Crippen molar-refractivity contribution in [3.63, 3.8) is 0 Å². The predicted molar refractivity (Wildman–Crippen MR) is 101 cm³/mol. The van der Waals surface area contributed by atoms with Crippen LogP contribution in [-0.4, -0.2) is 20.2 Å². The summed E-state index contributed by atoms with van der Waals surface area (Å²) in [6.45, 7) is 17.9. The average molecular weight is 331 g/mol. The van der Waals surface area contributed by atoms with Crippen LogP contribution in [0, 0.1) is 0 Å². The number of aryl methyl sites for hydroxylation is 1. The van der Waals surface area contributed by atoms with E-state index >= 15 is 0 Å². The Kier molecular flexibility index (Phi) is 4.98. The van der Waals surface area contributed by atoms with Gasteiger partial charge in [-0.2, -0.15) is 5.10 Å². The zero-order valence-corrected chi connectivity index (χ0v) is 16.7. The van der Waals surface area contributed by atoms with Crippen LogP contribution >= 0.6 is 0 Å². The molecule has 0 bridgehead atoms. The van der Waals surface area contributed by atoms with E-state index in [4.69, 9.17) is 4.98 Å². The van der Waals surface area contributed by atoms with Crippen molar-refractivity contribution >= 4 is 0 Å². The second-order valence-electron chi connectivity index (χ2n) is 9.28. The highest BCUT2D eigenvalue weighted by molar-refractivity contribution is 5.20. The maximum absolute atomic E-state index is 4.87. The molecule has 0 aliphatic carbocycles. The molecule has 0 aliphatic heterocycles. The first-order chi connectivity index (χ1) is 11.0. The summed E-state index contributed by atoms with van der Waals surface area (Å²) in [6, 6.07) is 2.21. The molecule has 2 aromatic rings. The molecule has 2 N–H and O–H groups in total. The zero-order valence-electron chi connectivity index (χ0n) is 16.7. The van der Waals surface area contributed by atoms with Gasteiger partial charge in [0.05, 0.1) is 11.4 Å². The van der Waals surface area contributed by atoms with Gasteiger partial charge in [0.15, 0.2) is 0 Å². The Morgan fingerprint density at radius 1 is 0.917 bits per heavy atom. The number of imidazole rings is 1. The van der Waals surface area contributed by atoms with Gasteiger partial charge >= 0.3 is 0 Å². The first-order valence-corrected chi connectivity index (χ1v) is 9.07. The van der Waals surface area contributed by atoms with E-state index in [2.05, 4.69) is 82.8 Å². The van der Waals surface area contributed by atoms with Crippen LogP contribution in [0.5, 0.6) is 0 Å². The topological polar surface area (TPSA) is 57.4 Å². The molecule has 0 amide bonds. The van der Waals surface area contributed by atoms with Gasteiger partial charge in [0.1, 0.15) is 5.82 Å². The molecule has 134 valence electrons. The summed E-state index contributed by atoms with van der Waals surface area (Å²) in [7, 11) is 0. The summed E-state index contributed by atoms with van der Waals surface area (Å²) in [4.78, 5) is 8.23. The predicted octanol–water partition coefficient (Wildman–Crippen LogP) is 5.03. The van der Waals surface area contributed by atoms with Crippen LogP contribution in [0.15, 0.2) is 12.3 Å². The molecule has 4 heteroatoms. The standard InChI is InChI=1S/C20H34N4/c1-9-14-12-15(24-23-14)19(5,6)10-11-20(7,8)16-13-21-17(22-16)18(2,3)4/h12-13H,9-11H2,1-8H3,(H,21,22)(H,23,24). The minimum atomic E-state index is 0.0428. The summed E-state index contributed by atoms with van der Waals surface area (Å²) >= 11 is 0. The van der Waals surface area contributed by atoms with Crippen molar-refractivity contribution in [2.75, 3.05) is 0 Å². The van der Waals surface area contributed by atoms with Gasteiger partial charge in [-0.1, -0.05) is 55.4 Å². The fourth-order valence-electron chi connectivity index (χ4n) is 2.82. The van der Waals surface area contributed by atoms with Crippen molar-refractivity contribution in [3.8, 4) is 0 Å². The molecular formula is C20H34N4. The number of hydrogen-bond donors (Lipinski definition) is 2. The van der Waals surface area contributed by atoms with Crippen molar-refractivity contribution in [2.24, 2.45) is 0 Å². The van der Waals surface area contributed by atoms with Gasteiger partial charge in [-0.3, -0.25) is 5.10 Å². The molecule has 0 spiro atoms. The number of hydrogen-bond acceptors (Lipinski definition) is 2. The quantitative estimate of drug-likeness (QED) is 0.780. The number of aromatic amines is 2. The largest absolute Gasteiger partial charge is 0.348 e. The highest BCUT2D eigenvalue weighted by atomic mass is 15.1. The fourth-order valence-corrected chi connectivity index (χ4v) is 2.82. The molecule has 2 heterocycles. The molecular weight excluding hydrogens is 296 g/mol. The van der Waals surface area contributed by atoms with Crippen molar-refractivity contribution in [1.29, 1.82) is 0 Å². The van der Waals surface area contributed by atoms with Gasteiger partial charge in [0, 0.05) is 28.1 Å². The highest BCUT2D eigenvalue weighted by Crippen LogP contribution is 2.35. The number of nitrogens with one attached hydrogen (secondary N) is 2. The lowest BCUT2D eigenvalue weighted by Crippen LogP contribution is -2.25. The lowest BCUT2D eigenvalue weighted by atomic mass is 9.76. The summed E-state index contributed by atoms with van der Waals surface area (Å²) in [5, 5.41) is 7.66. The van der Waals surface area contributed by atoms with Crippen LogP contribution in [-0.2, 0) is 22.7 Å². The van der Waals surface area contributed by atoms with E-state index in [1.54, 1.807) is 0 Å². The molecule has 0 saturated carbocycles. The minimum Gasteiger partial charge on any atom is -0.348 e. The van der Waals surface area contributed by atoms with Gasteiger partial charge in [-0.05, 0) is 25.3 Å². The van der Waals surface area contributed by atoms with Gasteiger partial charge in [-0.25, -0.2) is 4.98 Å². The second-order valence-corrected chi connectivity index (χ2v) is 9.28. The van der Waals surface area contributed by atoms with Crippen LogP contribution < -0.4 is 0 Å². The molecule has 0 radical (unpaired) electrons. The lowest BCUT2D eigenvalue weighted by molar-refractivity contribution is 0.363.